The molecule has 1 amide bonds. The molecule has 1 saturated heterocycles. The molecule has 4 rings (SSSR count). The third kappa shape index (κ3) is 4.07. The summed E-state index contributed by atoms with van der Waals surface area (Å²) in [6.07, 6.45) is 4.11. The summed E-state index contributed by atoms with van der Waals surface area (Å²) in [6, 6.07) is 14.0. The molecule has 3 aromatic rings. The van der Waals surface area contributed by atoms with Gasteiger partial charge < -0.3 is 9.64 Å². The fourth-order valence-corrected chi connectivity index (χ4v) is 4.41. The van der Waals surface area contributed by atoms with Crippen LogP contribution >= 0.6 is 11.3 Å². The zero-order chi connectivity index (χ0) is 19.3. The predicted octanol–water partition coefficient (Wildman–Crippen LogP) is 4.51. The Morgan fingerprint density at radius 2 is 2.11 bits per heavy atom. The van der Waals surface area contributed by atoms with Gasteiger partial charge in [0.15, 0.2) is 0 Å². The van der Waals surface area contributed by atoms with E-state index < -0.39 is 0 Å². The quantitative estimate of drug-likeness (QED) is 0.618. The van der Waals surface area contributed by atoms with Gasteiger partial charge in [0.1, 0.15) is 10.8 Å². The van der Waals surface area contributed by atoms with Crippen molar-refractivity contribution in [1.29, 1.82) is 0 Å². The average Bonchev–Trinajstić information content (AvgIpc) is 3.39. The van der Waals surface area contributed by atoms with Gasteiger partial charge in [-0.25, -0.2) is 4.98 Å². The Bertz CT molecular complexity index is 924. The molecule has 0 spiro atoms. The Hall–Kier alpha value is -2.73. The summed E-state index contributed by atoms with van der Waals surface area (Å²) in [7, 11) is 0. The minimum atomic E-state index is 0.134. The lowest BCUT2D eigenvalue weighted by Crippen LogP contribution is -2.31. The molecular weight excluding hydrogens is 370 g/mol. The number of thiazole rings is 1. The number of hydrogen-bond donors (Lipinski definition) is 0. The van der Waals surface area contributed by atoms with E-state index in [1.54, 1.807) is 6.20 Å². The Balaban J connectivity index is 1.44. The number of carbonyl (C=O) groups excluding carboxylic acids is 1. The summed E-state index contributed by atoms with van der Waals surface area (Å²) in [6.45, 7) is 3.43. The van der Waals surface area contributed by atoms with Crippen molar-refractivity contribution in [1.82, 2.24) is 14.9 Å². The van der Waals surface area contributed by atoms with E-state index in [9.17, 15) is 4.79 Å². The molecule has 28 heavy (non-hydrogen) atoms. The highest BCUT2D eigenvalue weighted by molar-refractivity contribution is 7.13. The largest absolute Gasteiger partial charge is 0.494 e. The summed E-state index contributed by atoms with van der Waals surface area (Å²) in [5, 5.41) is 2.82. The molecule has 1 aromatic carbocycles. The summed E-state index contributed by atoms with van der Waals surface area (Å²) in [4.78, 5) is 23.9. The number of hydrogen-bond acceptors (Lipinski definition) is 5. The third-order valence-corrected chi connectivity index (χ3v) is 5.83. The first-order valence-corrected chi connectivity index (χ1v) is 10.5. The van der Waals surface area contributed by atoms with Gasteiger partial charge in [0.2, 0.25) is 5.91 Å². The van der Waals surface area contributed by atoms with E-state index in [1.165, 1.54) is 16.9 Å². The summed E-state index contributed by atoms with van der Waals surface area (Å²) in [5.74, 6) is 1.00. The second-order valence-corrected chi connectivity index (χ2v) is 7.64. The van der Waals surface area contributed by atoms with E-state index in [4.69, 9.17) is 4.74 Å². The number of ether oxygens (including phenoxy) is 1. The molecule has 0 saturated carbocycles. The number of amides is 1. The molecule has 5 nitrogen and oxygen atoms in total. The van der Waals surface area contributed by atoms with Crippen LogP contribution in [0, 0.1) is 0 Å². The maximum atomic E-state index is 13.0. The highest BCUT2D eigenvalue weighted by atomic mass is 32.1. The van der Waals surface area contributed by atoms with Gasteiger partial charge >= 0.3 is 0 Å². The van der Waals surface area contributed by atoms with Crippen LogP contribution in [0.25, 0.3) is 10.7 Å². The first-order chi connectivity index (χ1) is 13.7. The van der Waals surface area contributed by atoms with Crippen molar-refractivity contribution in [2.75, 3.05) is 13.2 Å². The molecule has 144 valence electrons. The van der Waals surface area contributed by atoms with E-state index in [2.05, 4.69) is 22.1 Å². The molecule has 1 aliphatic rings. The fraction of sp³-hybridized carbons (Fsp3) is 0.318. The predicted molar refractivity (Wildman–Crippen MR) is 110 cm³/mol. The number of benzene rings is 1. The standard InChI is InChI=1S/C22H23N3O2S/c1-2-27-18-10-8-16(9-11-18)20-7-5-13-25(20)21(26)14-17-15-28-22(24-17)19-6-3-4-12-23-19/h3-4,6,8-12,15,20H,2,5,7,13-14H2,1H3. The zero-order valence-electron chi connectivity index (χ0n) is 15.9. The van der Waals surface area contributed by atoms with Crippen LogP contribution in [0.2, 0.25) is 0 Å². The summed E-state index contributed by atoms with van der Waals surface area (Å²) < 4.78 is 5.52. The van der Waals surface area contributed by atoms with Crippen molar-refractivity contribution in [3.8, 4) is 16.5 Å². The van der Waals surface area contributed by atoms with Crippen molar-refractivity contribution in [3.05, 3.63) is 65.3 Å². The lowest BCUT2D eigenvalue weighted by molar-refractivity contribution is -0.131. The number of rotatable bonds is 6. The van der Waals surface area contributed by atoms with Gasteiger partial charge in [-0.1, -0.05) is 18.2 Å². The summed E-state index contributed by atoms with van der Waals surface area (Å²) >= 11 is 1.53. The van der Waals surface area contributed by atoms with E-state index in [0.717, 1.165) is 41.5 Å². The van der Waals surface area contributed by atoms with Crippen LogP contribution in [-0.2, 0) is 11.2 Å². The van der Waals surface area contributed by atoms with Gasteiger partial charge in [0.25, 0.3) is 0 Å². The minimum absolute atomic E-state index is 0.134. The molecule has 1 atom stereocenters. The Kier molecular flexibility index (Phi) is 5.67. The van der Waals surface area contributed by atoms with Crippen molar-refractivity contribution in [3.63, 3.8) is 0 Å². The zero-order valence-corrected chi connectivity index (χ0v) is 16.7. The molecule has 3 heterocycles. The van der Waals surface area contributed by atoms with Crippen molar-refractivity contribution < 1.29 is 9.53 Å². The van der Waals surface area contributed by atoms with E-state index >= 15 is 0 Å². The topological polar surface area (TPSA) is 55.3 Å². The number of likely N-dealkylation sites (tertiary alicyclic amines) is 1. The molecular formula is C22H23N3O2S. The molecule has 6 heteroatoms. The lowest BCUT2D eigenvalue weighted by Gasteiger charge is -2.25. The number of pyridine rings is 1. The van der Waals surface area contributed by atoms with Crippen LogP contribution in [0.3, 0.4) is 0 Å². The van der Waals surface area contributed by atoms with E-state index in [-0.39, 0.29) is 11.9 Å². The maximum absolute atomic E-state index is 13.0. The fourth-order valence-electron chi connectivity index (χ4n) is 3.62. The second-order valence-electron chi connectivity index (χ2n) is 6.78. The van der Waals surface area contributed by atoms with Crippen LogP contribution in [0.5, 0.6) is 5.75 Å². The Morgan fingerprint density at radius 3 is 2.86 bits per heavy atom. The monoisotopic (exact) mass is 393 g/mol. The SMILES string of the molecule is CCOc1ccc(C2CCCN2C(=O)Cc2csc(-c3ccccn3)n2)cc1. The number of carbonyl (C=O) groups is 1. The molecule has 1 aliphatic heterocycles. The molecule has 0 N–H and O–H groups in total. The highest BCUT2D eigenvalue weighted by Crippen LogP contribution is 2.33. The van der Waals surface area contributed by atoms with Crippen LogP contribution in [0.1, 0.15) is 37.1 Å². The second kappa shape index (κ2) is 8.52. The average molecular weight is 394 g/mol. The van der Waals surface area contributed by atoms with Crippen LogP contribution in [0.15, 0.2) is 54.0 Å². The normalized spacial score (nSPS) is 16.3. The van der Waals surface area contributed by atoms with Crippen LogP contribution in [0.4, 0.5) is 0 Å². The lowest BCUT2D eigenvalue weighted by atomic mass is 10.0. The smallest absolute Gasteiger partial charge is 0.229 e. The molecule has 1 unspecified atom stereocenters. The van der Waals surface area contributed by atoms with Crippen molar-refractivity contribution >= 4 is 17.2 Å². The molecule has 0 radical (unpaired) electrons. The Morgan fingerprint density at radius 1 is 1.25 bits per heavy atom. The first-order valence-electron chi connectivity index (χ1n) is 9.62. The number of aromatic nitrogens is 2. The van der Waals surface area contributed by atoms with Crippen LogP contribution in [-0.4, -0.2) is 33.9 Å². The van der Waals surface area contributed by atoms with Gasteiger partial charge in [-0.3, -0.25) is 9.78 Å². The number of nitrogens with zero attached hydrogens (tertiary/aromatic N) is 3. The molecule has 0 bridgehead atoms. The minimum Gasteiger partial charge on any atom is -0.494 e. The van der Waals surface area contributed by atoms with Gasteiger partial charge in [-0.05, 0) is 49.6 Å². The summed E-state index contributed by atoms with van der Waals surface area (Å²) in [5.41, 5.74) is 2.83. The van der Waals surface area contributed by atoms with E-state index in [1.807, 2.05) is 47.5 Å². The van der Waals surface area contributed by atoms with Gasteiger partial charge in [-0.15, -0.1) is 11.3 Å². The highest BCUT2D eigenvalue weighted by Gasteiger charge is 2.30. The molecule has 1 fully saturated rings. The Labute approximate surface area is 169 Å². The van der Waals surface area contributed by atoms with Gasteiger partial charge in [0.05, 0.1) is 30.5 Å². The maximum Gasteiger partial charge on any atom is 0.229 e. The third-order valence-electron chi connectivity index (χ3n) is 4.92. The van der Waals surface area contributed by atoms with Gasteiger partial charge in [0, 0.05) is 18.1 Å². The molecule has 0 aliphatic carbocycles. The first kappa shape index (κ1) is 18.6. The van der Waals surface area contributed by atoms with Crippen molar-refractivity contribution in [2.45, 2.75) is 32.2 Å². The molecule has 2 aromatic heterocycles. The van der Waals surface area contributed by atoms with Crippen molar-refractivity contribution in [2.24, 2.45) is 0 Å². The van der Waals surface area contributed by atoms with Gasteiger partial charge in [-0.2, -0.15) is 0 Å². The van der Waals surface area contributed by atoms with Crippen LogP contribution < -0.4 is 4.74 Å². The van der Waals surface area contributed by atoms with E-state index in [0.29, 0.717) is 13.0 Å².